The summed E-state index contributed by atoms with van der Waals surface area (Å²) < 4.78 is 4.66. The zero-order valence-corrected chi connectivity index (χ0v) is 9.72. The van der Waals surface area contributed by atoms with Crippen LogP contribution in [0.5, 0.6) is 0 Å². The first-order valence-electron chi connectivity index (χ1n) is 4.40. The van der Waals surface area contributed by atoms with Crippen molar-refractivity contribution in [2.45, 2.75) is 13.8 Å². The first kappa shape index (κ1) is 11.8. The van der Waals surface area contributed by atoms with Gasteiger partial charge in [0.05, 0.1) is 12.7 Å². The summed E-state index contributed by atoms with van der Waals surface area (Å²) in [5, 5.41) is -0.349. The summed E-state index contributed by atoms with van der Waals surface area (Å²) in [6.45, 7) is 3.51. The predicted octanol–water partition coefficient (Wildman–Crippen LogP) is 2.16. The van der Waals surface area contributed by atoms with Crippen LogP contribution < -0.4 is 0 Å². The Morgan fingerprint density at radius 2 is 1.87 bits per heavy atom. The van der Waals surface area contributed by atoms with Crippen LogP contribution in [0.1, 0.15) is 31.8 Å². The first-order chi connectivity index (χ1) is 6.99. The molecule has 0 N–H and O–H groups in total. The van der Waals surface area contributed by atoms with Crippen LogP contribution in [0.2, 0.25) is 0 Å². The molecule has 0 saturated heterocycles. The van der Waals surface area contributed by atoms with Crippen LogP contribution in [0.4, 0.5) is 0 Å². The highest BCUT2D eigenvalue weighted by Gasteiger charge is 2.17. The lowest BCUT2D eigenvalue weighted by Crippen LogP contribution is -2.09. The van der Waals surface area contributed by atoms with E-state index < -0.39 is 5.97 Å². The quantitative estimate of drug-likeness (QED) is 0.618. The zero-order valence-electron chi connectivity index (χ0n) is 8.83. The van der Waals surface area contributed by atoms with Gasteiger partial charge in [-0.2, -0.15) is 0 Å². The highest BCUT2D eigenvalue weighted by Crippen LogP contribution is 2.20. The Balaban J connectivity index is 3.43. The maximum atomic E-state index is 11.5. The standard InChI is InChI=1S/C11H12O3S/c1-6-4-5-8(11(13)15)7(2)9(6)10(12)14-3/h4-5H,1-3H3,(H,13,15). The third-order valence-corrected chi connectivity index (χ3v) is 2.53. The van der Waals surface area contributed by atoms with Crippen LogP contribution in [0.25, 0.3) is 0 Å². The van der Waals surface area contributed by atoms with E-state index in [0.29, 0.717) is 16.7 Å². The number of hydrogen-bond acceptors (Lipinski definition) is 3. The van der Waals surface area contributed by atoms with Gasteiger partial charge in [-0.3, -0.25) is 4.79 Å². The van der Waals surface area contributed by atoms with Crippen LogP contribution in [0.3, 0.4) is 0 Å². The molecule has 0 bridgehead atoms. The first-order valence-corrected chi connectivity index (χ1v) is 4.85. The average molecular weight is 224 g/mol. The molecule has 0 aliphatic heterocycles. The Morgan fingerprint density at radius 3 is 2.33 bits per heavy atom. The summed E-state index contributed by atoms with van der Waals surface area (Å²) >= 11 is 3.75. The summed E-state index contributed by atoms with van der Waals surface area (Å²) in [7, 11) is 1.32. The number of methoxy groups -OCH3 is 1. The van der Waals surface area contributed by atoms with Crippen LogP contribution in [0.15, 0.2) is 12.1 Å². The fourth-order valence-electron chi connectivity index (χ4n) is 1.49. The van der Waals surface area contributed by atoms with Gasteiger partial charge in [-0.05, 0) is 31.0 Å². The smallest absolute Gasteiger partial charge is 0.338 e. The van der Waals surface area contributed by atoms with Gasteiger partial charge in [-0.15, -0.1) is 12.6 Å². The van der Waals surface area contributed by atoms with E-state index in [-0.39, 0.29) is 5.12 Å². The van der Waals surface area contributed by atoms with Crippen LogP contribution in [0, 0.1) is 13.8 Å². The highest BCUT2D eigenvalue weighted by molar-refractivity contribution is 7.97. The summed E-state index contributed by atoms with van der Waals surface area (Å²) in [5.41, 5.74) is 2.28. The molecule has 0 amide bonds. The van der Waals surface area contributed by atoms with E-state index in [4.69, 9.17) is 0 Å². The Bertz CT molecular complexity index is 424. The number of benzene rings is 1. The summed E-state index contributed by atoms with van der Waals surface area (Å²) in [5.74, 6) is -0.429. The highest BCUT2D eigenvalue weighted by atomic mass is 32.1. The molecule has 0 heterocycles. The van der Waals surface area contributed by atoms with Crippen molar-refractivity contribution in [3.8, 4) is 0 Å². The maximum Gasteiger partial charge on any atom is 0.338 e. The largest absolute Gasteiger partial charge is 0.465 e. The number of esters is 1. The molecule has 0 fully saturated rings. The normalized spacial score (nSPS) is 9.87. The minimum atomic E-state index is -0.429. The van der Waals surface area contributed by atoms with Crippen molar-refractivity contribution in [1.29, 1.82) is 0 Å². The van der Waals surface area contributed by atoms with Crippen molar-refractivity contribution in [2.24, 2.45) is 0 Å². The van der Waals surface area contributed by atoms with E-state index in [1.54, 1.807) is 26.0 Å². The number of carbonyl (C=O) groups excluding carboxylic acids is 2. The molecular weight excluding hydrogens is 212 g/mol. The molecule has 1 aromatic rings. The lowest BCUT2D eigenvalue weighted by Gasteiger charge is -2.10. The van der Waals surface area contributed by atoms with Gasteiger partial charge in [0.15, 0.2) is 0 Å². The van der Waals surface area contributed by atoms with Crippen molar-refractivity contribution in [2.75, 3.05) is 7.11 Å². The van der Waals surface area contributed by atoms with Gasteiger partial charge in [-0.1, -0.05) is 6.07 Å². The van der Waals surface area contributed by atoms with Gasteiger partial charge < -0.3 is 4.74 Å². The molecule has 0 spiro atoms. The maximum absolute atomic E-state index is 11.5. The molecule has 1 aromatic carbocycles. The Hall–Kier alpha value is -1.29. The van der Waals surface area contributed by atoms with E-state index in [1.165, 1.54) is 7.11 Å². The van der Waals surface area contributed by atoms with E-state index in [1.807, 2.05) is 0 Å². The fraction of sp³-hybridized carbons (Fsp3) is 0.273. The van der Waals surface area contributed by atoms with Gasteiger partial charge in [0.1, 0.15) is 0 Å². The Labute approximate surface area is 93.8 Å². The van der Waals surface area contributed by atoms with Gasteiger partial charge >= 0.3 is 5.97 Å². The molecule has 3 nitrogen and oxygen atoms in total. The number of ether oxygens (including phenoxy) is 1. The lowest BCUT2D eigenvalue weighted by atomic mass is 9.98. The Morgan fingerprint density at radius 1 is 1.27 bits per heavy atom. The van der Waals surface area contributed by atoms with Crippen molar-refractivity contribution >= 4 is 23.7 Å². The SMILES string of the molecule is COC(=O)c1c(C)ccc(C(=O)S)c1C. The monoisotopic (exact) mass is 224 g/mol. The van der Waals surface area contributed by atoms with Crippen molar-refractivity contribution in [3.05, 3.63) is 34.4 Å². The second kappa shape index (κ2) is 4.49. The predicted molar refractivity (Wildman–Crippen MR) is 60.6 cm³/mol. The van der Waals surface area contributed by atoms with Gasteiger partial charge in [0.2, 0.25) is 5.12 Å². The minimum Gasteiger partial charge on any atom is -0.465 e. The number of hydrogen-bond donors (Lipinski definition) is 1. The molecular formula is C11H12O3S. The molecule has 0 unspecified atom stereocenters. The van der Waals surface area contributed by atoms with Crippen LogP contribution in [-0.2, 0) is 4.74 Å². The number of thiol groups is 1. The molecule has 0 aliphatic rings. The number of carbonyl (C=O) groups is 2. The van der Waals surface area contributed by atoms with Crippen LogP contribution >= 0.6 is 12.6 Å². The molecule has 0 saturated carbocycles. The third-order valence-electron chi connectivity index (χ3n) is 2.29. The third kappa shape index (κ3) is 2.21. The second-order valence-corrected chi connectivity index (χ2v) is 3.63. The molecule has 0 radical (unpaired) electrons. The van der Waals surface area contributed by atoms with E-state index >= 15 is 0 Å². The topological polar surface area (TPSA) is 43.4 Å². The van der Waals surface area contributed by atoms with E-state index in [2.05, 4.69) is 17.4 Å². The van der Waals surface area contributed by atoms with E-state index in [9.17, 15) is 9.59 Å². The fourth-order valence-corrected chi connectivity index (χ4v) is 1.74. The van der Waals surface area contributed by atoms with Crippen molar-refractivity contribution in [3.63, 3.8) is 0 Å². The molecule has 0 aromatic heterocycles. The Kier molecular flexibility index (Phi) is 3.52. The second-order valence-electron chi connectivity index (χ2n) is 3.23. The van der Waals surface area contributed by atoms with Gasteiger partial charge in [0.25, 0.3) is 0 Å². The summed E-state index contributed by atoms with van der Waals surface area (Å²) in [6, 6.07) is 3.37. The summed E-state index contributed by atoms with van der Waals surface area (Å²) in [4.78, 5) is 22.6. The van der Waals surface area contributed by atoms with E-state index in [0.717, 1.165) is 5.56 Å². The van der Waals surface area contributed by atoms with Crippen molar-refractivity contribution < 1.29 is 14.3 Å². The van der Waals surface area contributed by atoms with Crippen molar-refractivity contribution in [1.82, 2.24) is 0 Å². The molecule has 0 atom stereocenters. The number of rotatable bonds is 2. The van der Waals surface area contributed by atoms with Crippen LogP contribution in [-0.4, -0.2) is 18.2 Å². The van der Waals surface area contributed by atoms with Gasteiger partial charge in [0, 0.05) is 5.56 Å². The average Bonchev–Trinajstić information content (AvgIpc) is 2.16. The molecule has 15 heavy (non-hydrogen) atoms. The molecule has 0 aliphatic carbocycles. The zero-order chi connectivity index (χ0) is 11.6. The number of aryl methyl sites for hydroxylation is 1. The lowest BCUT2D eigenvalue weighted by molar-refractivity contribution is 0.0599. The van der Waals surface area contributed by atoms with Gasteiger partial charge in [-0.25, -0.2) is 4.79 Å². The molecule has 1 rings (SSSR count). The molecule has 4 heteroatoms. The molecule has 80 valence electrons. The summed E-state index contributed by atoms with van der Waals surface area (Å²) in [6.07, 6.45) is 0. The minimum absolute atomic E-state index is 0.349.